The zero-order valence-corrected chi connectivity index (χ0v) is 10.8. The molecule has 1 unspecified atom stereocenters. The van der Waals surface area contributed by atoms with Crippen LogP contribution in [0.1, 0.15) is 12.8 Å². The number of nitrogen functional groups attached to an aromatic ring is 1. The summed E-state index contributed by atoms with van der Waals surface area (Å²) in [5.74, 6) is 5.34. The summed E-state index contributed by atoms with van der Waals surface area (Å²) in [7, 11) is 1.67. The second-order valence-electron chi connectivity index (χ2n) is 4.52. The van der Waals surface area contributed by atoms with Crippen LogP contribution in [0.4, 0.5) is 17.1 Å². The fraction of sp³-hybridized carbons (Fsp3) is 0.500. The number of nitrogens with one attached hydrogen (secondary N) is 1. The Morgan fingerprint density at radius 3 is 3.00 bits per heavy atom. The average Bonchev–Trinajstić information content (AvgIpc) is 2.46. The second-order valence-corrected chi connectivity index (χ2v) is 4.52. The minimum absolute atomic E-state index is 0.0155. The maximum Gasteiger partial charge on any atom is 0.316 e. The van der Waals surface area contributed by atoms with E-state index in [0.29, 0.717) is 17.9 Å². The summed E-state index contributed by atoms with van der Waals surface area (Å²) >= 11 is 0. The molecule has 0 saturated carbocycles. The minimum atomic E-state index is -0.402. The molecule has 0 bridgehead atoms. The normalized spacial score (nSPS) is 19.3. The molecule has 1 fully saturated rings. The van der Waals surface area contributed by atoms with Crippen LogP contribution in [0.2, 0.25) is 0 Å². The number of hydrazine groups is 1. The van der Waals surface area contributed by atoms with Crippen LogP contribution in [0.15, 0.2) is 18.2 Å². The van der Waals surface area contributed by atoms with Crippen LogP contribution in [-0.4, -0.2) is 31.2 Å². The van der Waals surface area contributed by atoms with Gasteiger partial charge in [0.2, 0.25) is 0 Å². The maximum atomic E-state index is 11.2. The standard InChI is InChI=1S/C12H18N4O3/c1-19-9-4-3-7-15(8-9)11-6-2-5-10(14-13)12(11)16(17)18/h2,5-6,9,14H,3-4,7-8,13H2,1H3. The highest BCUT2D eigenvalue weighted by Crippen LogP contribution is 2.36. The lowest BCUT2D eigenvalue weighted by atomic mass is 10.1. The first-order chi connectivity index (χ1) is 9.17. The Balaban J connectivity index is 2.35. The van der Waals surface area contributed by atoms with E-state index in [1.807, 2.05) is 4.90 Å². The molecule has 0 aromatic heterocycles. The lowest BCUT2D eigenvalue weighted by molar-refractivity contribution is -0.383. The van der Waals surface area contributed by atoms with Crippen molar-refractivity contribution in [2.24, 2.45) is 5.84 Å². The van der Waals surface area contributed by atoms with E-state index < -0.39 is 4.92 Å². The largest absolute Gasteiger partial charge is 0.380 e. The van der Waals surface area contributed by atoms with Gasteiger partial charge < -0.3 is 15.1 Å². The topological polar surface area (TPSA) is 93.7 Å². The summed E-state index contributed by atoms with van der Waals surface area (Å²) < 4.78 is 5.35. The quantitative estimate of drug-likeness (QED) is 0.487. The Labute approximate surface area is 111 Å². The van der Waals surface area contributed by atoms with Crippen molar-refractivity contribution in [3.05, 3.63) is 28.3 Å². The molecule has 7 nitrogen and oxygen atoms in total. The first kappa shape index (κ1) is 13.6. The number of nitro groups is 1. The number of hydrogen-bond acceptors (Lipinski definition) is 6. The van der Waals surface area contributed by atoms with Crippen molar-refractivity contribution in [1.82, 2.24) is 0 Å². The molecule has 1 heterocycles. The summed E-state index contributed by atoms with van der Waals surface area (Å²) in [5.41, 5.74) is 3.30. The highest BCUT2D eigenvalue weighted by Gasteiger charge is 2.27. The number of para-hydroxylation sites is 1. The highest BCUT2D eigenvalue weighted by molar-refractivity contribution is 5.76. The lowest BCUT2D eigenvalue weighted by Crippen LogP contribution is -2.39. The van der Waals surface area contributed by atoms with E-state index in [1.165, 1.54) is 0 Å². The molecule has 19 heavy (non-hydrogen) atoms. The Morgan fingerprint density at radius 2 is 2.37 bits per heavy atom. The van der Waals surface area contributed by atoms with Crippen LogP contribution in [-0.2, 0) is 4.74 Å². The van der Waals surface area contributed by atoms with Crippen molar-refractivity contribution < 1.29 is 9.66 Å². The molecule has 0 spiro atoms. The van der Waals surface area contributed by atoms with Crippen molar-refractivity contribution in [3.63, 3.8) is 0 Å². The van der Waals surface area contributed by atoms with E-state index in [0.717, 1.165) is 19.4 Å². The SMILES string of the molecule is COC1CCCN(c2cccc(NN)c2[N+](=O)[O-])C1. The molecule has 1 atom stereocenters. The highest BCUT2D eigenvalue weighted by atomic mass is 16.6. The van der Waals surface area contributed by atoms with Gasteiger partial charge in [0, 0.05) is 20.2 Å². The van der Waals surface area contributed by atoms with Crippen molar-refractivity contribution in [3.8, 4) is 0 Å². The van der Waals surface area contributed by atoms with Crippen LogP contribution < -0.4 is 16.2 Å². The van der Waals surface area contributed by atoms with Crippen LogP contribution in [0, 0.1) is 10.1 Å². The van der Waals surface area contributed by atoms with Crippen molar-refractivity contribution >= 4 is 17.1 Å². The number of nitrogens with zero attached hydrogens (tertiary/aromatic N) is 2. The van der Waals surface area contributed by atoms with Gasteiger partial charge in [0.15, 0.2) is 0 Å². The molecule has 1 aliphatic heterocycles. The average molecular weight is 266 g/mol. The maximum absolute atomic E-state index is 11.2. The Morgan fingerprint density at radius 1 is 1.58 bits per heavy atom. The molecule has 7 heteroatoms. The number of nitro benzene ring substituents is 1. The van der Waals surface area contributed by atoms with Crippen LogP contribution in [0.3, 0.4) is 0 Å². The number of anilines is 2. The van der Waals surface area contributed by atoms with Gasteiger partial charge in [-0.05, 0) is 25.0 Å². The van der Waals surface area contributed by atoms with Gasteiger partial charge in [-0.1, -0.05) is 6.07 Å². The molecular formula is C12H18N4O3. The van der Waals surface area contributed by atoms with Gasteiger partial charge in [0.25, 0.3) is 0 Å². The third kappa shape index (κ3) is 2.77. The van der Waals surface area contributed by atoms with Crippen molar-refractivity contribution in [2.45, 2.75) is 18.9 Å². The third-order valence-electron chi connectivity index (χ3n) is 3.40. The van der Waals surface area contributed by atoms with Gasteiger partial charge in [-0.15, -0.1) is 0 Å². The van der Waals surface area contributed by atoms with Crippen LogP contribution >= 0.6 is 0 Å². The third-order valence-corrected chi connectivity index (χ3v) is 3.40. The van der Waals surface area contributed by atoms with E-state index in [1.54, 1.807) is 25.3 Å². The molecule has 1 aliphatic rings. The number of piperidine rings is 1. The molecule has 104 valence electrons. The Kier molecular flexibility index (Phi) is 4.18. The summed E-state index contributed by atoms with van der Waals surface area (Å²) in [5, 5.41) is 11.2. The number of ether oxygens (including phenoxy) is 1. The first-order valence-electron chi connectivity index (χ1n) is 6.19. The van der Waals surface area contributed by atoms with Crippen LogP contribution in [0.5, 0.6) is 0 Å². The molecule has 0 amide bonds. The smallest absolute Gasteiger partial charge is 0.316 e. The summed E-state index contributed by atoms with van der Waals surface area (Å²) in [4.78, 5) is 12.8. The number of methoxy groups -OCH3 is 1. The number of rotatable bonds is 4. The number of nitrogens with two attached hydrogens (primary N) is 1. The van der Waals surface area contributed by atoms with E-state index in [9.17, 15) is 10.1 Å². The van der Waals surface area contributed by atoms with E-state index >= 15 is 0 Å². The van der Waals surface area contributed by atoms with E-state index in [-0.39, 0.29) is 11.8 Å². The predicted octanol–water partition coefficient (Wildman–Crippen LogP) is 1.50. The number of hydrogen-bond donors (Lipinski definition) is 2. The molecule has 1 saturated heterocycles. The summed E-state index contributed by atoms with van der Waals surface area (Å²) in [6, 6.07) is 5.10. The summed E-state index contributed by atoms with van der Waals surface area (Å²) in [6.07, 6.45) is 2.05. The number of benzene rings is 1. The van der Waals surface area contributed by atoms with Crippen LogP contribution in [0.25, 0.3) is 0 Å². The molecule has 0 radical (unpaired) electrons. The van der Waals surface area contributed by atoms with Crippen molar-refractivity contribution in [2.75, 3.05) is 30.5 Å². The predicted molar refractivity (Wildman–Crippen MR) is 73.2 cm³/mol. The first-order valence-corrected chi connectivity index (χ1v) is 6.19. The molecule has 2 rings (SSSR count). The lowest BCUT2D eigenvalue weighted by Gasteiger charge is -2.33. The molecule has 1 aromatic rings. The fourth-order valence-electron chi connectivity index (χ4n) is 2.44. The van der Waals surface area contributed by atoms with Gasteiger partial charge in [-0.25, -0.2) is 0 Å². The molecule has 0 aliphatic carbocycles. The monoisotopic (exact) mass is 266 g/mol. The molecule has 1 aromatic carbocycles. The minimum Gasteiger partial charge on any atom is -0.380 e. The zero-order valence-electron chi connectivity index (χ0n) is 10.8. The van der Waals surface area contributed by atoms with Gasteiger partial charge >= 0.3 is 5.69 Å². The van der Waals surface area contributed by atoms with Gasteiger partial charge in [0.1, 0.15) is 11.4 Å². The molecule has 3 N–H and O–H groups in total. The van der Waals surface area contributed by atoms with E-state index in [2.05, 4.69) is 5.43 Å². The fourth-order valence-corrected chi connectivity index (χ4v) is 2.44. The second kappa shape index (κ2) is 5.85. The van der Waals surface area contributed by atoms with Crippen molar-refractivity contribution in [1.29, 1.82) is 0 Å². The van der Waals surface area contributed by atoms with E-state index in [4.69, 9.17) is 10.6 Å². The summed E-state index contributed by atoms with van der Waals surface area (Å²) in [6.45, 7) is 1.44. The Hall–Kier alpha value is -1.86. The zero-order chi connectivity index (χ0) is 13.8. The Bertz CT molecular complexity index is 466. The van der Waals surface area contributed by atoms with Gasteiger partial charge in [-0.3, -0.25) is 16.0 Å². The molecular weight excluding hydrogens is 248 g/mol. The van der Waals surface area contributed by atoms with Gasteiger partial charge in [0.05, 0.1) is 11.0 Å². The van der Waals surface area contributed by atoms with Gasteiger partial charge in [-0.2, -0.15) is 0 Å².